The summed E-state index contributed by atoms with van der Waals surface area (Å²) in [5, 5.41) is 3.42. The van der Waals surface area contributed by atoms with E-state index in [1.807, 2.05) is 6.92 Å². The van der Waals surface area contributed by atoms with Gasteiger partial charge >= 0.3 is 0 Å². The maximum Gasteiger partial charge on any atom is 0.218 e. The molecular formula is C15H26N2O. The highest BCUT2D eigenvalue weighted by molar-refractivity contribution is 5.35. The zero-order valence-electron chi connectivity index (χ0n) is 12.3. The van der Waals surface area contributed by atoms with Crippen molar-refractivity contribution in [3.05, 3.63) is 22.9 Å². The molecule has 0 aliphatic carbocycles. The topological polar surface area (TPSA) is 34.2 Å². The molecule has 0 atom stereocenters. The van der Waals surface area contributed by atoms with Gasteiger partial charge in [0, 0.05) is 17.8 Å². The maximum absolute atomic E-state index is 5.84. The molecule has 1 N–H and O–H groups in total. The minimum absolute atomic E-state index is 0.518. The van der Waals surface area contributed by atoms with Crippen molar-refractivity contribution in [2.45, 2.75) is 47.6 Å². The Morgan fingerprint density at radius 2 is 2.06 bits per heavy atom. The summed E-state index contributed by atoms with van der Waals surface area (Å²) < 4.78 is 5.84. The van der Waals surface area contributed by atoms with E-state index in [-0.39, 0.29) is 0 Å². The number of aryl methyl sites for hydroxylation is 2. The normalized spacial score (nSPS) is 11.0. The van der Waals surface area contributed by atoms with Crippen LogP contribution in [-0.2, 0) is 6.54 Å². The van der Waals surface area contributed by atoms with E-state index in [0.29, 0.717) is 5.92 Å². The zero-order valence-corrected chi connectivity index (χ0v) is 12.3. The Bertz CT molecular complexity index is 375. The van der Waals surface area contributed by atoms with Crippen LogP contribution in [0.4, 0.5) is 0 Å². The Kier molecular flexibility index (Phi) is 6.13. The monoisotopic (exact) mass is 250 g/mol. The van der Waals surface area contributed by atoms with E-state index >= 15 is 0 Å². The van der Waals surface area contributed by atoms with Gasteiger partial charge in [0.25, 0.3) is 0 Å². The summed E-state index contributed by atoms with van der Waals surface area (Å²) in [7, 11) is 0. The molecule has 102 valence electrons. The van der Waals surface area contributed by atoms with Crippen LogP contribution in [0.1, 0.15) is 44.0 Å². The highest BCUT2D eigenvalue weighted by atomic mass is 16.5. The summed E-state index contributed by atoms with van der Waals surface area (Å²) in [6.45, 7) is 13.2. The molecule has 1 heterocycles. The molecule has 0 saturated heterocycles. The van der Waals surface area contributed by atoms with E-state index in [1.54, 1.807) is 0 Å². The Balaban J connectivity index is 2.83. The number of hydrogen-bond donors (Lipinski definition) is 1. The second-order valence-electron chi connectivity index (χ2n) is 5.25. The van der Waals surface area contributed by atoms with Crippen LogP contribution in [0.3, 0.4) is 0 Å². The summed E-state index contributed by atoms with van der Waals surface area (Å²) in [6, 6.07) is 2.12. The molecule has 3 heteroatoms. The van der Waals surface area contributed by atoms with Gasteiger partial charge in [-0.3, -0.25) is 0 Å². The number of nitrogens with zero attached hydrogens (tertiary/aromatic N) is 1. The van der Waals surface area contributed by atoms with E-state index in [4.69, 9.17) is 4.74 Å². The van der Waals surface area contributed by atoms with Gasteiger partial charge in [-0.05, 0) is 44.4 Å². The highest BCUT2D eigenvalue weighted by Crippen LogP contribution is 2.21. The van der Waals surface area contributed by atoms with Crippen LogP contribution in [0.15, 0.2) is 6.07 Å². The van der Waals surface area contributed by atoms with Gasteiger partial charge in [-0.1, -0.05) is 20.8 Å². The number of ether oxygens (including phenoxy) is 1. The lowest BCUT2D eigenvalue weighted by molar-refractivity contribution is 0.257. The molecule has 0 saturated carbocycles. The van der Waals surface area contributed by atoms with Crippen molar-refractivity contribution < 1.29 is 4.74 Å². The van der Waals surface area contributed by atoms with Gasteiger partial charge in [-0.2, -0.15) is 0 Å². The fourth-order valence-electron chi connectivity index (χ4n) is 1.80. The lowest BCUT2D eigenvalue weighted by Gasteiger charge is -2.15. The molecule has 1 rings (SSSR count). The largest absolute Gasteiger partial charge is 0.477 e. The Morgan fingerprint density at radius 1 is 1.33 bits per heavy atom. The van der Waals surface area contributed by atoms with Crippen LogP contribution in [-0.4, -0.2) is 18.1 Å². The minimum Gasteiger partial charge on any atom is -0.477 e. The average Bonchev–Trinajstić information content (AvgIpc) is 2.29. The smallest absolute Gasteiger partial charge is 0.218 e. The number of nitrogens with one attached hydrogen (secondary N) is 1. The lowest BCUT2D eigenvalue weighted by atomic mass is 10.1. The summed E-state index contributed by atoms with van der Waals surface area (Å²) in [4.78, 5) is 4.52. The lowest BCUT2D eigenvalue weighted by Crippen LogP contribution is -2.17. The molecule has 0 fully saturated rings. The van der Waals surface area contributed by atoms with Crippen LogP contribution in [0.25, 0.3) is 0 Å². The van der Waals surface area contributed by atoms with Crippen molar-refractivity contribution in [2.24, 2.45) is 5.92 Å². The zero-order chi connectivity index (χ0) is 13.5. The van der Waals surface area contributed by atoms with Crippen molar-refractivity contribution in [3.63, 3.8) is 0 Å². The molecule has 0 unspecified atom stereocenters. The molecule has 0 amide bonds. The van der Waals surface area contributed by atoms with Gasteiger partial charge in [0.1, 0.15) is 0 Å². The van der Waals surface area contributed by atoms with Gasteiger partial charge < -0.3 is 10.1 Å². The molecule has 0 aliphatic heterocycles. The summed E-state index contributed by atoms with van der Waals surface area (Å²) in [5.41, 5.74) is 3.46. The van der Waals surface area contributed by atoms with Gasteiger partial charge in [0.05, 0.1) is 6.61 Å². The number of rotatable bonds is 7. The van der Waals surface area contributed by atoms with Gasteiger partial charge in [0.2, 0.25) is 5.88 Å². The van der Waals surface area contributed by atoms with E-state index in [0.717, 1.165) is 37.7 Å². The van der Waals surface area contributed by atoms with E-state index < -0.39 is 0 Å². The average molecular weight is 250 g/mol. The van der Waals surface area contributed by atoms with Crippen molar-refractivity contribution in [1.29, 1.82) is 0 Å². The molecule has 0 aromatic carbocycles. The highest BCUT2D eigenvalue weighted by Gasteiger charge is 2.10. The van der Waals surface area contributed by atoms with Crippen LogP contribution >= 0.6 is 0 Å². The van der Waals surface area contributed by atoms with Crippen molar-refractivity contribution in [2.75, 3.05) is 13.2 Å². The number of pyridine rings is 1. The summed E-state index contributed by atoms with van der Waals surface area (Å²) in [5.74, 6) is 1.31. The fraction of sp³-hybridized carbons (Fsp3) is 0.667. The molecule has 18 heavy (non-hydrogen) atoms. The van der Waals surface area contributed by atoms with E-state index in [9.17, 15) is 0 Å². The predicted octanol–water partition coefficient (Wildman–Crippen LogP) is 3.23. The number of hydrogen-bond acceptors (Lipinski definition) is 3. The maximum atomic E-state index is 5.84. The number of aromatic nitrogens is 1. The molecule has 0 bridgehead atoms. The molecular weight excluding hydrogens is 224 g/mol. The molecule has 1 aromatic rings. The van der Waals surface area contributed by atoms with Crippen molar-refractivity contribution >= 4 is 0 Å². The summed E-state index contributed by atoms with van der Waals surface area (Å²) in [6.07, 6.45) is 1.14. The first-order valence-corrected chi connectivity index (χ1v) is 6.85. The molecule has 0 aliphatic rings. The third-order valence-electron chi connectivity index (χ3n) is 2.72. The SMILES string of the molecule is CCCNCc1c(C)cc(C)nc1OCC(C)C. The summed E-state index contributed by atoms with van der Waals surface area (Å²) >= 11 is 0. The van der Waals surface area contributed by atoms with Gasteiger partial charge in [-0.25, -0.2) is 4.98 Å². The standard InChI is InChI=1S/C15H26N2O/c1-6-7-16-9-14-12(4)8-13(5)17-15(14)18-10-11(2)3/h8,11,16H,6-7,9-10H2,1-5H3. The van der Waals surface area contributed by atoms with Crippen molar-refractivity contribution in [1.82, 2.24) is 10.3 Å². The van der Waals surface area contributed by atoms with Crippen molar-refractivity contribution in [3.8, 4) is 5.88 Å². The Morgan fingerprint density at radius 3 is 2.67 bits per heavy atom. The molecule has 0 spiro atoms. The first kappa shape index (κ1) is 15.0. The Labute approximate surface area is 111 Å². The van der Waals surface area contributed by atoms with Crippen LogP contribution < -0.4 is 10.1 Å². The van der Waals surface area contributed by atoms with E-state index in [1.165, 1.54) is 11.1 Å². The molecule has 1 aromatic heterocycles. The van der Waals surface area contributed by atoms with Gasteiger partial charge in [-0.15, -0.1) is 0 Å². The van der Waals surface area contributed by atoms with E-state index in [2.05, 4.69) is 44.1 Å². The third-order valence-corrected chi connectivity index (χ3v) is 2.72. The van der Waals surface area contributed by atoms with Crippen LogP contribution in [0, 0.1) is 19.8 Å². The Hall–Kier alpha value is -1.09. The molecule has 0 radical (unpaired) electrons. The fourth-order valence-corrected chi connectivity index (χ4v) is 1.80. The van der Waals surface area contributed by atoms with Crippen LogP contribution in [0.2, 0.25) is 0 Å². The second kappa shape index (κ2) is 7.37. The third kappa shape index (κ3) is 4.65. The quantitative estimate of drug-likeness (QED) is 0.754. The first-order valence-electron chi connectivity index (χ1n) is 6.85. The minimum atomic E-state index is 0.518. The first-order chi connectivity index (χ1) is 8.54. The van der Waals surface area contributed by atoms with Crippen LogP contribution in [0.5, 0.6) is 5.88 Å². The predicted molar refractivity (Wildman–Crippen MR) is 76.0 cm³/mol. The second-order valence-corrected chi connectivity index (χ2v) is 5.25. The molecule has 3 nitrogen and oxygen atoms in total. The van der Waals surface area contributed by atoms with Gasteiger partial charge in [0.15, 0.2) is 0 Å².